The number of hydrogen-bond donors (Lipinski definition) is 2. The Hall–Kier alpha value is -3.13. The van der Waals surface area contributed by atoms with Gasteiger partial charge in [0.25, 0.3) is 0 Å². The Morgan fingerprint density at radius 2 is 2.23 bits per heavy atom. The number of para-hydroxylation sites is 1. The Kier molecular flexibility index (Phi) is 4.18. The van der Waals surface area contributed by atoms with Crippen molar-refractivity contribution in [2.75, 3.05) is 5.32 Å². The number of rotatable bonds is 4. The molecule has 4 aromatic rings. The van der Waals surface area contributed by atoms with E-state index < -0.39 is 5.82 Å². The second-order valence-electron chi connectivity index (χ2n) is 5.81. The van der Waals surface area contributed by atoms with E-state index in [-0.39, 0.29) is 12.3 Å². The molecular weight excluding hydrogens is 353 g/mol. The van der Waals surface area contributed by atoms with Gasteiger partial charge in [0.2, 0.25) is 5.91 Å². The molecule has 8 heteroatoms. The van der Waals surface area contributed by atoms with Crippen molar-refractivity contribution in [1.82, 2.24) is 20.2 Å². The van der Waals surface area contributed by atoms with Gasteiger partial charge in [0.1, 0.15) is 17.1 Å². The summed E-state index contributed by atoms with van der Waals surface area (Å²) in [4.78, 5) is 20.9. The van der Waals surface area contributed by atoms with Crippen LogP contribution >= 0.6 is 11.3 Å². The minimum Gasteiger partial charge on any atom is -0.317 e. The number of nitrogens with zero attached hydrogens (tertiary/aromatic N) is 3. The van der Waals surface area contributed by atoms with Gasteiger partial charge in [-0.15, -0.1) is 11.3 Å². The van der Waals surface area contributed by atoms with Crippen LogP contribution in [0.3, 0.4) is 0 Å². The van der Waals surface area contributed by atoms with Gasteiger partial charge in [-0.2, -0.15) is 5.10 Å². The number of thiophene rings is 1. The Labute approximate surface area is 152 Å². The fourth-order valence-corrected chi connectivity index (χ4v) is 3.78. The first-order valence-corrected chi connectivity index (χ1v) is 8.77. The largest absolute Gasteiger partial charge is 0.317 e. The highest BCUT2D eigenvalue weighted by atomic mass is 32.1. The van der Waals surface area contributed by atoms with Crippen LogP contribution in [0.2, 0.25) is 0 Å². The third kappa shape index (κ3) is 3.06. The molecule has 1 amide bonds. The number of benzene rings is 1. The molecule has 0 radical (unpaired) electrons. The number of pyridine rings is 1. The molecule has 0 spiro atoms. The lowest BCUT2D eigenvalue weighted by Gasteiger charge is -2.08. The zero-order valence-corrected chi connectivity index (χ0v) is 14.6. The van der Waals surface area contributed by atoms with E-state index in [0.29, 0.717) is 21.7 Å². The lowest BCUT2D eigenvalue weighted by Crippen LogP contribution is -2.14. The first-order valence-electron chi connectivity index (χ1n) is 7.89. The van der Waals surface area contributed by atoms with Crippen molar-refractivity contribution >= 4 is 33.1 Å². The van der Waals surface area contributed by atoms with E-state index in [1.54, 1.807) is 12.1 Å². The van der Waals surface area contributed by atoms with E-state index in [9.17, 15) is 9.18 Å². The summed E-state index contributed by atoms with van der Waals surface area (Å²) < 4.78 is 13.3. The van der Waals surface area contributed by atoms with Crippen molar-refractivity contribution in [3.05, 3.63) is 59.1 Å². The van der Waals surface area contributed by atoms with Gasteiger partial charge < -0.3 is 5.32 Å². The van der Waals surface area contributed by atoms with Gasteiger partial charge in [-0.1, -0.05) is 18.2 Å². The summed E-state index contributed by atoms with van der Waals surface area (Å²) in [5.41, 5.74) is 3.17. The minimum atomic E-state index is -0.399. The van der Waals surface area contributed by atoms with Crippen molar-refractivity contribution in [2.45, 2.75) is 13.3 Å². The molecule has 2 N–H and O–H groups in total. The number of carbonyl (C=O) groups is 1. The summed E-state index contributed by atoms with van der Waals surface area (Å²) in [7, 11) is 0. The van der Waals surface area contributed by atoms with Crippen molar-refractivity contribution in [1.29, 1.82) is 0 Å². The Morgan fingerprint density at radius 1 is 1.35 bits per heavy atom. The minimum absolute atomic E-state index is 0.139. The molecule has 0 saturated heterocycles. The monoisotopic (exact) mass is 367 g/mol. The van der Waals surface area contributed by atoms with Gasteiger partial charge in [0.05, 0.1) is 23.7 Å². The third-order valence-electron chi connectivity index (χ3n) is 3.98. The van der Waals surface area contributed by atoms with E-state index in [1.165, 1.54) is 23.7 Å². The summed E-state index contributed by atoms with van der Waals surface area (Å²) >= 11 is 1.43. The van der Waals surface area contributed by atoms with Crippen LogP contribution in [-0.2, 0) is 11.2 Å². The number of hydrogen-bond acceptors (Lipinski definition) is 5. The van der Waals surface area contributed by atoms with Gasteiger partial charge in [-0.05, 0) is 29.5 Å². The van der Waals surface area contributed by atoms with Crippen molar-refractivity contribution < 1.29 is 9.18 Å². The summed E-state index contributed by atoms with van der Waals surface area (Å²) in [5, 5.41) is 13.0. The van der Waals surface area contributed by atoms with Crippen molar-refractivity contribution in [2.24, 2.45) is 0 Å². The van der Waals surface area contributed by atoms with E-state index >= 15 is 0 Å². The third-order valence-corrected chi connectivity index (χ3v) is 4.99. The van der Waals surface area contributed by atoms with Crippen LogP contribution in [0, 0.1) is 12.7 Å². The number of fused-ring (bicyclic) bond motifs is 1. The van der Waals surface area contributed by atoms with Crippen molar-refractivity contribution in [3.63, 3.8) is 0 Å². The SMILES string of the molecule is Cc1csc(NC(=O)Cc2cccc3cc(F)cnc23)c1-c1nc[nH]n1. The summed E-state index contributed by atoms with van der Waals surface area (Å²) in [6, 6.07) is 6.80. The first-order chi connectivity index (χ1) is 12.6. The van der Waals surface area contributed by atoms with E-state index in [1.807, 2.05) is 18.4 Å². The highest BCUT2D eigenvalue weighted by Crippen LogP contribution is 2.35. The quantitative estimate of drug-likeness (QED) is 0.576. The predicted octanol–water partition coefficient (Wildman–Crippen LogP) is 3.71. The van der Waals surface area contributed by atoms with E-state index in [2.05, 4.69) is 25.5 Å². The molecule has 3 heterocycles. The van der Waals surface area contributed by atoms with Gasteiger partial charge in [-0.25, -0.2) is 9.37 Å². The number of anilines is 1. The van der Waals surface area contributed by atoms with Gasteiger partial charge in [0.15, 0.2) is 5.82 Å². The lowest BCUT2D eigenvalue weighted by atomic mass is 10.1. The molecule has 0 aliphatic heterocycles. The normalized spacial score (nSPS) is 11.0. The molecule has 0 saturated carbocycles. The molecular formula is C18H14FN5OS. The predicted molar refractivity (Wildman–Crippen MR) is 98.5 cm³/mol. The van der Waals surface area contributed by atoms with Gasteiger partial charge in [-0.3, -0.25) is 14.9 Å². The molecule has 0 bridgehead atoms. The van der Waals surface area contributed by atoms with Gasteiger partial charge >= 0.3 is 0 Å². The van der Waals surface area contributed by atoms with Crippen LogP contribution in [0.15, 0.2) is 42.2 Å². The molecule has 0 unspecified atom stereocenters. The van der Waals surface area contributed by atoms with E-state index in [0.717, 1.165) is 22.9 Å². The molecule has 6 nitrogen and oxygen atoms in total. The highest BCUT2D eigenvalue weighted by Gasteiger charge is 2.17. The zero-order valence-electron chi connectivity index (χ0n) is 13.8. The second kappa shape index (κ2) is 6.64. The maximum absolute atomic E-state index is 13.3. The molecule has 0 aliphatic rings. The molecule has 0 atom stereocenters. The molecule has 1 aromatic carbocycles. The number of aryl methyl sites for hydroxylation is 1. The summed E-state index contributed by atoms with van der Waals surface area (Å²) in [5.74, 6) is -0.0343. The second-order valence-corrected chi connectivity index (χ2v) is 6.69. The first kappa shape index (κ1) is 16.3. The molecule has 130 valence electrons. The Bertz CT molecular complexity index is 1090. The average Bonchev–Trinajstić information content (AvgIpc) is 3.24. The number of halogens is 1. The van der Waals surface area contributed by atoms with Crippen LogP contribution in [0.1, 0.15) is 11.1 Å². The number of aromatic nitrogens is 4. The number of amides is 1. The standard InChI is InChI=1S/C18H14FN5OS/c1-10-8-26-18(15(10)17-21-9-22-24-17)23-14(25)6-12-4-2-3-11-5-13(19)7-20-16(11)12/h2-5,7-9H,6H2,1H3,(H,23,25)(H,21,22,24). The molecule has 4 rings (SSSR count). The van der Waals surface area contributed by atoms with Gasteiger partial charge in [0, 0.05) is 5.39 Å². The number of H-pyrrole nitrogens is 1. The average molecular weight is 367 g/mol. The summed E-state index contributed by atoms with van der Waals surface area (Å²) in [6.45, 7) is 1.95. The maximum Gasteiger partial charge on any atom is 0.229 e. The van der Waals surface area contributed by atoms with Crippen LogP contribution < -0.4 is 5.32 Å². The van der Waals surface area contributed by atoms with Crippen LogP contribution in [0.25, 0.3) is 22.3 Å². The number of carbonyl (C=O) groups excluding carboxylic acids is 1. The molecule has 26 heavy (non-hydrogen) atoms. The van der Waals surface area contributed by atoms with Crippen LogP contribution in [0.5, 0.6) is 0 Å². The topological polar surface area (TPSA) is 83.6 Å². The zero-order chi connectivity index (χ0) is 18.1. The molecule has 0 fully saturated rings. The number of aromatic amines is 1. The molecule has 3 aromatic heterocycles. The Morgan fingerprint density at radius 3 is 3.04 bits per heavy atom. The highest BCUT2D eigenvalue weighted by molar-refractivity contribution is 7.15. The van der Waals surface area contributed by atoms with Crippen LogP contribution in [0.4, 0.5) is 9.39 Å². The Balaban J connectivity index is 1.60. The fraction of sp³-hybridized carbons (Fsp3) is 0.111. The van der Waals surface area contributed by atoms with Crippen LogP contribution in [-0.4, -0.2) is 26.1 Å². The fourth-order valence-electron chi connectivity index (χ4n) is 2.83. The smallest absolute Gasteiger partial charge is 0.229 e. The van der Waals surface area contributed by atoms with E-state index in [4.69, 9.17) is 0 Å². The maximum atomic E-state index is 13.3. The van der Waals surface area contributed by atoms with Crippen molar-refractivity contribution in [3.8, 4) is 11.4 Å². The molecule has 0 aliphatic carbocycles. The summed E-state index contributed by atoms with van der Waals surface area (Å²) in [6.07, 6.45) is 2.80. The number of nitrogens with one attached hydrogen (secondary N) is 2. The lowest BCUT2D eigenvalue weighted by molar-refractivity contribution is -0.115.